The molecule has 0 fully saturated rings. The van der Waals surface area contributed by atoms with Gasteiger partial charge in [-0.3, -0.25) is 19.2 Å². The van der Waals surface area contributed by atoms with Gasteiger partial charge in [0, 0.05) is 16.6 Å². The third-order valence-corrected chi connectivity index (χ3v) is 6.43. The van der Waals surface area contributed by atoms with E-state index in [2.05, 4.69) is 5.10 Å². The van der Waals surface area contributed by atoms with Crippen LogP contribution in [0.1, 0.15) is 50.4 Å². The van der Waals surface area contributed by atoms with Crippen molar-refractivity contribution in [2.75, 3.05) is 6.54 Å². The van der Waals surface area contributed by atoms with Crippen LogP contribution in [0.15, 0.2) is 54.7 Å². The Morgan fingerprint density at radius 3 is 2.45 bits per heavy atom. The van der Waals surface area contributed by atoms with E-state index < -0.39 is 0 Å². The number of imide groups is 1. The molecule has 0 saturated carbocycles. The highest BCUT2D eigenvalue weighted by Crippen LogP contribution is 2.32. The predicted molar refractivity (Wildman–Crippen MR) is 121 cm³/mol. The van der Waals surface area contributed by atoms with Crippen LogP contribution in [0.25, 0.3) is 5.57 Å². The second-order valence-electron chi connectivity index (χ2n) is 7.76. The number of halogens is 2. The lowest BCUT2D eigenvalue weighted by Crippen LogP contribution is -2.30. The molecule has 0 unspecified atom stereocenters. The lowest BCUT2D eigenvalue weighted by Gasteiger charge is -2.20. The Bertz CT molecular complexity index is 1210. The second-order valence-corrected chi connectivity index (χ2v) is 8.60. The molecule has 2 heterocycles. The van der Waals surface area contributed by atoms with Gasteiger partial charge in [-0.25, -0.2) is 0 Å². The number of amides is 2. The third-order valence-electron chi connectivity index (χ3n) is 5.85. The zero-order chi connectivity index (χ0) is 21.5. The highest BCUT2D eigenvalue weighted by Gasteiger charge is 2.34. The van der Waals surface area contributed by atoms with Crippen molar-refractivity contribution < 1.29 is 9.59 Å². The normalized spacial score (nSPS) is 16.7. The monoisotopic (exact) mass is 451 g/mol. The van der Waals surface area contributed by atoms with Crippen molar-refractivity contribution in [2.45, 2.75) is 25.8 Å². The number of hydrogen-bond donors (Lipinski definition) is 0. The van der Waals surface area contributed by atoms with Crippen LogP contribution in [-0.4, -0.2) is 33.0 Å². The van der Waals surface area contributed by atoms with E-state index in [9.17, 15) is 9.59 Å². The molecule has 0 bridgehead atoms. The molecule has 31 heavy (non-hydrogen) atoms. The molecule has 1 aliphatic heterocycles. The van der Waals surface area contributed by atoms with E-state index in [0.717, 1.165) is 36.1 Å². The number of rotatable bonds is 4. The van der Waals surface area contributed by atoms with E-state index in [0.29, 0.717) is 27.7 Å². The Kier molecular flexibility index (Phi) is 5.16. The van der Waals surface area contributed by atoms with Gasteiger partial charge in [-0.2, -0.15) is 5.10 Å². The van der Waals surface area contributed by atoms with Crippen molar-refractivity contribution in [3.8, 4) is 0 Å². The van der Waals surface area contributed by atoms with Gasteiger partial charge in [0.05, 0.1) is 29.6 Å². The quantitative estimate of drug-likeness (QED) is 0.508. The van der Waals surface area contributed by atoms with Crippen LogP contribution in [0.5, 0.6) is 0 Å². The number of fused-ring (bicyclic) bond motifs is 2. The van der Waals surface area contributed by atoms with Crippen molar-refractivity contribution in [2.24, 2.45) is 0 Å². The maximum absolute atomic E-state index is 12.7. The lowest BCUT2D eigenvalue weighted by molar-refractivity contribution is 0.0672. The number of nitrogens with zero attached hydrogens (tertiary/aromatic N) is 3. The van der Waals surface area contributed by atoms with E-state index >= 15 is 0 Å². The Morgan fingerprint density at radius 1 is 1.00 bits per heavy atom. The minimum Gasteiger partial charge on any atom is -0.270 e. The van der Waals surface area contributed by atoms with Gasteiger partial charge in [0.25, 0.3) is 11.8 Å². The molecule has 1 aromatic heterocycles. The van der Waals surface area contributed by atoms with Crippen LogP contribution in [-0.2, 0) is 13.0 Å². The number of hydrogen-bond acceptors (Lipinski definition) is 3. The van der Waals surface area contributed by atoms with Gasteiger partial charge in [-0.05, 0) is 60.2 Å². The van der Waals surface area contributed by atoms with Crippen LogP contribution in [0.2, 0.25) is 10.0 Å². The molecule has 1 aliphatic carbocycles. The van der Waals surface area contributed by atoms with Gasteiger partial charge < -0.3 is 0 Å². The molecular weight excluding hydrogens is 433 g/mol. The fourth-order valence-corrected chi connectivity index (χ4v) is 4.77. The lowest BCUT2D eigenvalue weighted by atomic mass is 9.92. The van der Waals surface area contributed by atoms with E-state index in [1.807, 2.05) is 29.1 Å². The van der Waals surface area contributed by atoms with Gasteiger partial charge in [0.1, 0.15) is 0 Å². The van der Waals surface area contributed by atoms with E-state index in [1.165, 1.54) is 10.5 Å². The second kappa shape index (κ2) is 7.98. The molecule has 7 heteroatoms. The Morgan fingerprint density at radius 2 is 1.74 bits per heavy atom. The first-order chi connectivity index (χ1) is 15.0. The summed E-state index contributed by atoms with van der Waals surface area (Å²) in [6, 6.07) is 12.4. The zero-order valence-corrected chi connectivity index (χ0v) is 18.2. The molecule has 0 radical (unpaired) electrons. The largest absolute Gasteiger partial charge is 0.270 e. The molecule has 2 amide bonds. The summed E-state index contributed by atoms with van der Waals surface area (Å²) < 4.78 is 1.94. The van der Waals surface area contributed by atoms with Gasteiger partial charge in [0.15, 0.2) is 0 Å². The predicted octanol–water partition coefficient (Wildman–Crippen LogP) is 5.25. The summed E-state index contributed by atoms with van der Waals surface area (Å²) in [6.45, 7) is 0.768. The number of aryl methyl sites for hydroxylation is 1. The summed E-state index contributed by atoms with van der Waals surface area (Å²) in [4.78, 5) is 26.7. The van der Waals surface area contributed by atoms with Crippen molar-refractivity contribution >= 4 is 40.6 Å². The third kappa shape index (κ3) is 3.58. The maximum atomic E-state index is 12.7. The highest BCUT2D eigenvalue weighted by molar-refractivity contribution is 6.35. The first kappa shape index (κ1) is 20.0. The molecule has 0 N–H and O–H groups in total. The first-order valence-electron chi connectivity index (χ1n) is 10.2. The maximum Gasteiger partial charge on any atom is 0.261 e. The van der Waals surface area contributed by atoms with Crippen molar-refractivity contribution in [3.63, 3.8) is 0 Å². The number of benzene rings is 2. The van der Waals surface area contributed by atoms with E-state index in [4.69, 9.17) is 23.2 Å². The van der Waals surface area contributed by atoms with Gasteiger partial charge >= 0.3 is 0 Å². The average Bonchev–Trinajstić information content (AvgIpc) is 3.29. The summed E-state index contributed by atoms with van der Waals surface area (Å²) in [5.41, 5.74) is 5.19. The van der Waals surface area contributed by atoms with Gasteiger partial charge in [-0.1, -0.05) is 47.5 Å². The molecule has 5 rings (SSSR count). The summed E-state index contributed by atoms with van der Waals surface area (Å²) in [5, 5.41) is 5.78. The van der Waals surface area contributed by atoms with Gasteiger partial charge in [0.2, 0.25) is 0 Å². The summed E-state index contributed by atoms with van der Waals surface area (Å²) in [7, 11) is 0. The van der Waals surface area contributed by atoms with E-state index in [-0.39, 0.29) is 18.4 Å². The number of allylic oxidation sites excluding steroid dienone is 1. The summed E-state index contributed by atoms with van der Waals surface area (Å²) in [6.07, 6.45) is 6.72. The zero-order valence-electron chi connectivity index (χ0n) is 16.6. The smallest absolute Gasteiger partial charge is 0.261 e. The molecule has 3 aromatic rings. The van der Waals surface area contributed by atoms with Crippen molar-refractivity contribution in [3.05, 3.63) is 92.7 Å². The Balaban J connectivity index is 1.43. The van der Waals surface area contributed by atoms with E-state index in [1.54, 1.807) is 30.3 Å². The molecule has 156 valence electrons. The van der Waals surface area contributed by atoms with Crippen LogP contribution >= 0.6 is 23.2 Å². The van der Waals surface area contributed by atoms with Crippen LogP contribution in [0.4, 0.5) is 0 Å². The first-order valence-corrected chi connectivity index (χ1v) is 10.9. The Hall–Kier alpha value is -2.89. The molecule has 0 saturated heterocycles. The summed E-state index contributed by atoms with van der Waals surface area (Å²) in [5.74, 6) is -0.482. The molecular formula is C24H19Cl2N3O2. The molecule has 2 aliphatic rings. The minimum absolute atomic E-state index is 0.241. The number of aromatic nitrogens is 2. The SMILES string of the molecule is O=C1c2ccccc2C(=O)N1C/C=C1\CCCc2cnn(Cc3ccc(Cl)cc3Cl)c21. The van der Waals surface area contributed by atoms with Crippen molar-refractivity contribution in [1.82, 2.24) is 14.7 Å². The Labute approximate surface area is 189 Å². The fourth-order valence-electron chi connectivity index (χ4n) is 4.30. The molecule has 2 aromatic carbocycles. The van der Waals surface area contributed by atoms with Gasteiger partial charge in [-0.15, -0.1) is 0 Å². The molecule has 5 nitrogen and oxygen atoms in total. The average molecular weight is 452 g/mol. The minimum atomic E-state index is -0.241. The van der Waals surface area contributed by atoms with Crippen LogP contribution in [0.3, 0.4) is 0 Å². The highest BCUT2D eigenvalue weighted by atomic mass is 35.5. The van der Waals surface area contributed by atoms with Crippen LogP contribution in [0, 0.1) is 0 Å². The summed E-state index contributed by atoms with van der Waals surface area (Å²) >= 11 is 12.4. The fraction of sp³-hybridized carbons (Fsp3) is 0.208. The number of carbonyl (C=O) groups excluding carboxylic acids is 2. The molecule has 0 spiro atoms. The molecule has 0 atom stereocenters. The topological polar surface area (TPSA) is 55.2 Å². The number of carbonyl (C=O) groups is 2. The van der Waals surface area contributed by atoms with Crippen molar-refractivity contribution in [1.29, 1.82) is 0 Å². The van der Waals surface area contributed by atoms with Crippen LogP contribution < -0.4 is 0 Å². The standard InChI is InChI=1S/C24H19Cl2N3O2/c25-18-9-8-17(21(26)12-18)14-29-22-15(4-3-5-16(22)13-27-29)10-11-28-23(30)19-6-1-2-7-20(19)24(28)31/h1-2,6-10,12-13H,3-5,11,14H2/b15-10+.